The maximum atomic E-state index is 12.2. The van der Waals surface area contributed by atoms with Gasteiger partial charge >= 0.3 is 0 Å². The van der Waals surface area contributed by atoms with Crippen LogP contribution in [0.15, 0.2) is 18.2 Å². The van der Waals surface area contributed by atoms with Crippen LogP contribution in [0.1, 0.15) is 18.9 Å². The zero-order valence-electron chi connectivity index (χ0n) is 14.1. The maximum absolute atomic E-state index is 12.2. The molecule has 5 nitrogen and oxygen atoms in total. The summed E-state index contributed by atoms with van der Waals surface area (Å²) in [4.78, 5) is 13.9. The van der Waals surface area contributed by atoms with Gasteiger partial charge in [-0.3, -0.25) is 4.79 Å². The highest BCUT2D eigenvalue weighted by atomic mass is 35.5. The molecule has 0 spiro atoms. The van der Waals surface area contributed by atoms with E-state index >= 15 is 0 Å². The number of carbonyl (C=O) groups excluding carboxylic acids is 1. The van der Waals surface area contributed by atoms with Crippen LogP contribution in [0, 0.1) is 6.92 Å². The molecule has 130 valence electrons. The normalized spacial score (nSPS) is 10.6. The van der Waals surface area contributed by atoms with E-state index in [2.05, 4.69) is 0 Å². The Labute approximate surface area is 143 Å². The quantitative estimate of drug-likeness (QED) is 0.458. The van der Waals surface area contributed by atoms with Crippen molar-refractivity contribution in [2.24, 2.45) is 0 Å². The monoisotopic (exact) mass is 343 g/mol. The average Bonchev–Trinajstić information content (AvgIpc) is 2.56. The van der Waals surface area contributed by atoms with E-state index in [4.69, 9.17) is 25.8 Å². The number of aryl methyl sites for hydroxylation is 1. The van der Waals surface area contributed by atoms with Crippen molar-refractivity contribution >= 4 is 23.2 Å². The molecule has 0 radical (unpaired) electrons. The summed E-state index contributed by atoms with van der Waals surface area (Å²) >= 11 is 5.75. The smallest absolute Gasteiger partial charge is 0.242 e. The molecule has 1 aromatic rings. The molecule has 0 saturated carbocycles. The summed E-state index contributed by atoms with van der Waals surface area (Å²) in [6.07, 6.45) is 0.844. The third-order valence-electron chi connectivity index (χ3n) is 3.25. The Morgan fingerprint density at radius 2 is 1.96 bits per heavy atom. The van der Waals surface area contributed by atoms with Crippen LogP contribution in [0.5, 0.6) is 5.75 Å². The lowest BCUT2D eigenvalue weighted by molar-refractivity contribution is -0.116. The topological polar surface area (TPSA) is 48.0 Å². The zero-order chi connectivity index (χ0) is 17.1. The Hall–Kier alpha value is -1.30. The van der Waals surface area contributed by atoms with Gasteiger partial charge in [-0.05, 0) is 25.0 Å². The van der Waals surface area contributed by atoms with E-state index in [9.17, 15) is 4.79 Å². The Morgan fingerprint density at radius 1 is 1.22 bits per heavy atom. The van der Waals surface area contributed by atoms with Gasteiger partial charge in [0.05, 0.1) is 25.5 Å². The third kappa shape index (κ3) is 6.37. The van der Waals surface area contributed by atoms with E-state index < -0.39 is 0 Å². The lowest BCUT2D eigenvalue weighted by Crippen LogP contribution is -2.33. The zero-order valence-corrected chi connectivity index (χ0v) is 14.9. The first-order chi connectivity index (χ1) is 11.2. The minimum absolute atomic E-state index is 0.0477. The highest BCUT2D eigenvalue weighted by molar-refractivity contribution is 6.29. The van der Waals surface area contributed by atoms with Gasteiger partial charge in [-0.2, -0.15) is 0 Å². The fourth-order valence-electron chi connectivity index (χ4n) is 2.21. The number of carbonyl (C=O) groups is 1. The van der Waals surface area contributed by atoms with E-state index in [0.29, 0.717) is 38.7 Å². The van der Waals surface area contributed by atoms with Crippen LogP contribution in [0.3, 0.4) is 0 Å². The summed E-state index contributed by atoms with van der Waals surface area (Å²) in [5, 5.41) is 0. The molecule has 0 aromatic heterocycles. The van der Waals surface area contributed by atoms with Crippen LogP contribution in [-0.4, -0.2) is 51.9 Å². The highest BCUT2D eigenvalue weighted by Crippen LogP contribution is 2.32. The van der Waals surface area contributed by atoms with Crippen molar-refractivity contribution < 1.29 is 19.0 Å². The van der Waals surface area contributed by atoms with E-state index in [1.54, 1.807) is 12.0 Å². The first-order valence-corrected chi connectivity index (χ1v) is 8.34. The van der Waals surface area contributed by atoms with Gasteiger partial charge in [0.15, 0.2) is 0 Å². The van der Waals surface area contributed by atoms with Gasteiger partial charge in [-0.15, -0.1) is 11.6 Å². The Balaban J connectivity index is 2.79. The first kappa shape index (κ1) is 19.7. The number of alkyl halides is 1. The SMILES string of the molecule is CCCN(C(=O)CCl)c1c(C)cccc1OCCOCCOC. The number of ether oxygens (including phenoxy) is 3. The molecule has 1 rings (SSSR count). The van der Waals surface area contributed by atoms with Gasteiger partial charge in [-0.25, -0.2) is 0 Å². The summed E-state index contributed by atoms with van der Waals surface area (Å²) in [5.74, 6) is 0.504. The lowest BCUT2D eigenvalue weighted by atomic mass is 10.1. The molecule has 1 aromatic carbocycles. The van der Waals surface area contributed by atoms with Crippen molar-refractivity contribution in [3.63, 3.8) is 0 Å². The van der Waals surface area contributed by atoms with Crippen molar-refractivity contribution in [2.45, 2.75) is 20.3 Å². The summed E-state index contributed by atoms with van der Waals surface area (Å²) < 4.78 is 16.1. The predicted molar refractivity (Wildman–Crippen MR) is 92.7 cm³/mol. The van der Waals surface area contributed by atoms with E-state index in [0.717, 1.165) is 17.7 Å². The number of hydrogen-bond acceptors (Lipinski definition) is 4. The standard InChI is InChI=1S/C17H26ClNO4/c1-4-8-19(16(20)13-18)17-14(2)6-5-7-15(17)23-12-11-22-10-9-21-3/h5-7H,4,8-13H2,1-3H3. The highest BCUT2D eigenvalue weighted by Gasteiger charge is 2.20. The third-order valence-corrected chi connectivity index (χ3v) is 3.48. The minimum atomic E-state index is -0.121. The second-order valence-electron chi connectivity index (χ2n) is 5.05. The minimum Gasteiger partial charge on any atom is -0.489 e. The Morgan fingerprint density at radius 3 is 2.61 bits per heavy atom. The average molecular weight is 344 g/mol. The molecule has 0 aliphatic carbocycles. The summed E-state index contributed by atoms with van der Waals surface area (Å²) in [6.45, 7) is 6.57. The number of halogens is 1. The second kappa shape index (κ2) is 11.3. The fourth-order valence-corrected chi connectivity index (χ4v) is 2.35. The lowest BCUT2D eigenvalue weighted by Gasteiger charge is -2.26. The van der Waals surface area contributed by atoms with Gasteiger partial charge in [-0.1, -0.05) is 19.1 Å². The van der Waals surface area contributed by atoms with E-state index in [-0.39, 0.29) is 11.8 Å². The van der Waals surface area contributed by atoms with Crippen LogP contribution in [0.4, 0.5) is 5.69 Å². The molecule has 0 atom stereocenters. The van der Waals surface area contributed by atoms with Crippen molar-refractivity contribution in [2.75, 3.05) is 50.9 Å². The molecule has 6 heteroatoms. The number of benzene rings is 1. The van der Waals surface area contributed by atoms with Gasteiger partial charge in [0.2, 0.25) is 5.91 Å². The number of hydrogen-bond donors (Lipinski definition) is 0. The first-order valence-electron chi connectivity index (χ1n) is 7.81. The molecule has 0 aliphatic rings. The fraction of sp³-hybridized carbons (Fsp3) is 0.588. The van der Waals surface area contributed by atoms with Gasteiger partial charge in [0.1, 0.15) is 18.2 Å². The molecule has 0 N–H and O–H groups in total. The number of anilines is 1. The maximum Gasteiger partial charge on any atom is 0.242 e. The number of nitrogens with zero attached hydrogens (tertiary/aromatic N) is 1. The van der Waals surface area contributed by atoms with Crippen LogP contribution >= 0.6 is 11.6 Å². The van der Waals surface area contributed by atoms with Crippen molar-refractivity contribution in [3.8, 4) is 5.75 Å². The largest absolute Gasteiger partial charge is 0.489 e. The molecule has 0 fully saturated rings. The molecule has 0 bridgehead atoms. The van der Waals surface area contributed by atoms with Crippen LogP contribution in [0.2, 0.25) is 0 Å². The van der Waals surface area contributed by atoms with Crippen LogP contribution in [0.25, 0.3) is 0 Å². The number of methoxy groups -OCH3 is 1. The molecule has 0 aliphatic heterocycles. The Bertz CT molecular complexity index is 482. The van der Waals surface area contributed by atoms with Crippen LogP contribution < -0.4 is 9.64 Å². The summed E-state index contributed by atoms with van der Waals surface area (Å²) in [5.41, 5.74) is 1.77. The molecule has 23 heavy (non-hydrogen) atoms. The van der Waals surface area contributed by atoms with Gasteiger partial charge in [0, 0.05) is 13.7 Å². The number of amides is 1. The van der Waals surface area contributed by atoms with Crippen molar-refractivity contribution in [1.29, 1.82) is 0 Å². The van der Waals surface area contributed by atoms with Gasteiger partial charge in [0.25, 0.3) is 0 Å². The predicted octanol–water partition coefficient (Wildman–Crippen LogP) is 3.02. The molecular formula is C17H26ClNO4. The molecule has 1 amide bonds. The summed E-state index contributed by atoms with van der Waals surface area (Å²) in [6, 6.07) is 5.73. The van der Waals surface area contributed by atoms with E-state index in [1.165, 1.54) is 0 Å². The molecule has 0 saturated heterocycles. The number of para-hydroxylation sites is 1. The molecular weight excluding hydrogens is 318 g/mol. The van der Waals surface area contributed by atoms with Crippen LogP contribution in [-0.2, 0) is 14.3 Å². The van der Waals surface area contributed by atoms with Crippen molar-refractivity contribution in [1.82, 2.24) is 0 Å². The Kier molecular flexibility index (Phi) is 9.67. The molecule has 0 heterocycles. The number of rotatable bonds is 11. The molecule has 0 unspecified atom stereocenters. The second-order valence-corrected chi connectivity index (χ2v) is 5.32. The van der Waals surface area contributed by atoms with E-state index in [1.807, 2.05) is 32.0 Å². The van der Waals surface area contributed by atoms with Gasteiger partial charge < -0.3 is 19.1 Å². The summed E-state index contributed by atoms with van der Waals surface area (Å²) in [7, 11) is 1.63. The van der Waals surface area contributed by atoms with Crippen molar-refractivity contribution in [3.05, 3.63) is 23.8 Å².